The molecule has 0 fully saturated rings. The highest BCUT2D eigenvalue weighted by molar-refractivity contribution is 6.05. The Bertz CT molecular complexity index is 543. The number of nitrogens with zero attached hydrogens (tertiary/aromatic N) is 4. The fourth-order valence-electron chi connectivity index (χ4n) is 1.39. The van der Waals surface area contributed by atoms with Crippen molar-refractivity contribution >= 4 is 17.6 Å². The van der Waals surface area contributed by atoms with Crippen molar-refractivity contribution < 1.29 is 9.32 Å². The van der Waals surface area contributed by atoms with Gasteiger partial charge >= 0.3 is 6.01 Å². The minimum Gasteiger partial charge on any atom is -0.396 e. The van der Waals surface area contributed by atoms with Crippen LogP contribution in [-0.4, -0.2) is 25.8 Å². The Kier molecular flexibility index (Phi) is 2.77. The second-order valence-electron chi connectivity index (χ2n) is 3.37. The van der Waals surface area contributed by atoms with Crippen molar-refractivity contribution in [3.8, 4) is 0 Å². The number of carbonyl (C=O) groups is 1. The van der Waals surface area contributed by atoms with E-state index in [1.165, 1.54) is 10.9 Å². The summed E-state index contributed by atoms with van der Waals surface area (Å²) in [5, 5.41) is 9.99. The molecule has 0 saturated carbocycles. The largest absolute Gasteiger partial charge is 0.396 e. The SMILES string of the molecule is CCn1ncc(N)c1C(=O)Nc1nc(C)no1. The van der Waals surface area contributed by atoms with E-state index in [1.54, 1.807) is 6.92 Å². The van der Waals surface area contributed by atoms with E-state index in [0.717, 1.165) is 0 Å². The molecule has 2 aromatic heterocycles. The molecule has 0 spiro atoms. The first kappa shape index (κ1) is 11.1. The van der Waals surface area contributed by atoms with Crippen LogP contribution in [0.4, 0.5) is 11.7 Å². The molecule has 0 aliphatic heterocycles. The number of hydrogen-bond donors (Lipinski definition) is 2. The minimum absolute atomic E-state index is 0.0377. The summed E-state index contributed by atoms with van der Waals surface area (Å²) in [6.07, 6.45) is 1.43. The van der Waals surface area contributed by atoms with Crippen molar-refractivity contribution in [3.63, 3.8) is 0 Å². The fourth-order valence-corrected chi connectivity index (χ4v) is 1.39. The average Bonchev–Trinajstić information content (AvgIpc) is 2.84. The Hall–Kier alpha value is -2.38. The summed E-state index contributed by atoms with van der Waals surface area (Å²) >= 11 is 0. The first-order chi connectivity index (χ1) is 8.11. The summed E-state index contributed by atoms with van der Waals surface area (Å²) < 4.78 is 6.28. The van der Waals surface area contributed by atoms with Crippen LogP contribution in [0.1, 0.15) is 23.2 Å². The number of aryl methyl sites for hydroxylation is 2. The maximum Gasteiger partial charge on any atom is 0.328 e. The number of rotatable bonds is 3. The number of amides is 1. The predicted molar refractivity (Wildman–Crippen MR) is 59.3 cm³/mol. The summed E-state index contributed by atoms with van der Waals surface area (Å²) in [4.78, 5) is 15.8. The number of nitrogens with two attached hydrogens (primary N) is 1. The standard InChI is InChI=1S/C9H12N6O2/c1-3-15-7(6(10)4-11-15)8(16)13-9-12-5(2)14-17-9/h4H,3,10H2,1-2H3,(H,12,13,14,16). The number of nitrogen functional groups attached to an aromatic ring is 1. The summed E-state index contributed by atoms with van der Waals surface area (Å²) in [5.41, 5.74) is 6.25. The van der Waals surface area contributed by atoms with Gasteiger partial charge in [0.25, 0.3) is 5.91 Å². The zero-order chi connectivity index (χ0) is 12.4. The van der Waals surface area contributed by atoms with Gasteiger partial charge in [-0.2, -0.15) is 10.1 Å². The van der Waals surface area contributed by atoms with Gasteiger partial charge < -0.3 is 10.3 Å². The maximum atomic E-state index is 11.9. The van der Waals surface area contributed by atoms with Gasteiger partial charge in [-0.3, -0.25) is 14.8 Å². The first-order valence-corrected chi connectivity index (χ1v) is 5.04. The lowest BCUT2D eigenvalue weighted by atomic mass is 10.3. The predicted octanol–water partition coefficient (Wildman–Crippen LogP) is 0.429. The Balaban J connectivity index is 2.22. The fraction of sp³-hybridized carbons (Fsp3) is 0.333. The van der Waals surface area contributed by atoms with Gasteiger partial charge in [0.1, 0.15) is 5.69 Å². The molecule has 0 bridgehead atoms. The van der Waals surface area contributed by atoms with Crippen molar-refractivity contribution in [1.82, 2.24) is 19.9 Å². The van der Waals surface area contributed by atoms with Gasteiger partial charge in [0.05, 0.1) is 11.9 Å². The Morgan fingerprint density at radius 2 is 2.41 bits per heavy atom. The zero-order valence-electron chi connectivity index (χ0n) is 9.47. The lowest BCUT2D eigenvalue weighted by Crippen LogP contribution is -2.19. The van der Waals surface area contributed by atoms with Crippen LogP contribution in [0.15, 0.2) is 10.7 Å². The second-order valence-corrected chi connectivity index (χ2v) is 3.37. The summed E-state index contributed by atoms with van der Waals surface area (Å²) in [6.45, 7) is 4.06. The molecule has 17 heavy (non-hydrogen) atoms. The molecule has 0 atom stereocenters. The molecule has 3 N–H and O–H groups in total. The Morgan fingerprint density at radius 3 is 3.00 bits per heavy atom. The number of nitrogens with one attached hydrogen (secondary N) is 1. The molecule has 0 saturated heterocycles. The molecular formula is C9H12N6O2. The number of aromatic nitrogens is 4. The molecule has 2 heterocycles. The topological polar surface area (TPSA) is 112 Å². The molecule has 0 radical (unpaired) electrons. The van der Waals surface area contributed by atoms with Gasteiger partial charge in [-0.1, -0.05) is 5.16 Å². The lowest BCUT2D eigenvalue weighted by Gasteiger charge is -2.04. The number of hydrogen-bond acceptors (Lipinski definition) is 6. The summed E-state index contributed by atoms with van der Waals surface area (Å²) in [6, 6.07) is 0.0377. The molecule has 8 nitrogen and oxygen atoms in total. The van der Waals surface area contributed by atoms with Gasteiger partial charge in [-0.05, 0) is 13.8 Å². The highest BCUT2D eigenvalue weighted by Gasteiger charge is 2.18. The van der Waals surface area contributed by atoms with Gasteiger partial charge in [0, 0.05) is 6.54 Å². The van der Waals surface area contributed by atoms with E-state index in [0.29, 0.717) is 18.1 Å². The van der Waals surface area contributed by atoms with Crippen LogP contribution in [-0.2, 0) is 6.54 Å². The van der Waals surface area contributed by atoms with Crippen LogP contribution < -0.4 is 11.1 Å². The Labute approximate surface area is 96.8 Å². The minimum atomic E-state index is -0.425. The zero-order valence-corrected chi connectivity index (χ0v) is 9.47. The van der Waals surface area contributed by atoms with E-state index in [9.17, 15) is 4.79 Å². The van der Waals surface area contributed by atoms with Crippen LogP contribution in [0.25, 0.3) is 0 Å². The highest BCUT2D eigenvalue weighted by atomic mass is 16.5. The molecule has 0 aliphatic rings. The van der Waals surface area contributed by atoms with Crippen molar-refractivity contribution in [3.05, 3.63) is 17.7 Å². The molecule has 2 aromatic rings. The quantitative estimate of drug-likeness (QED) is 0.799. The normalized spacial score (nSPS) is 10.5. The molecule has 90 valence electrons. The van der Waals surface area contributed by atoms with E-state index in [4.69, 9.17) is 10.3 Å². The van der Waals surface area contributed by atoms with E-state index < -0.39 is 5.91 Å². The van der Waals surface area contributed by atoms with Crippen LogP contribution in [0.3, 0.4) is 0 Å². The Morgan fingerprint density at radius 1 is 1.65 bits per heavy atom. The molecule has 0 aromatic carbocycles. The van der Waals surface area contributed by atoms with Gasteiger partial charge in [-0.25, -0.2) is 0 Å². The third-order valence-corrected chi connectivity index (χ3v) is 2.13. The molecule has 8 heteroatoms. The van der Waals surface area contributed by atoms with Gasteiger partial charge in [-0.15, -0.1) is 0 Å². The third-order valence-electron chi connectivity index (χ3n) is 2.13. The first-order valence-electron chi connectivity index (χ1n) is 5.04. The van der Waals surface area contributed by atoms with Crippen LogP contribution in [0, 0.1) is 6.92 Å². The smallest absolute Gasteiger partial charge is 0.328 e. The number of anilines is 2. The molecular weight excluding hydrogens is 224 g/mol. The van der Waals surface area contributed by atoms with Crippen LogP contribution in [0.5, 0.6) is 0 Å². The lowest BCUT2D eigenvalue weighted by molar-refractivity contribution is 0.101. The van der Waals surface area contributed by atoms with Crippen molar-refractivity contribution in [2.24, 2.45) is 0 Å². The van der Waals surface area contributed by atoms with Crippen LogP contribution in [0.2, 0.25) is 0 Å². The third kappa shape index (κ3) is 2.10. The van der Waals surface area contributed by atoms with E-state index >= 15 is 0 Å². The van der Waals surface area contributed by atoms with Gasteiger partial charge in [0.15, 0.2) is 5.82 Å². The maximum absolute atomic E-state index is 11.9. The van der Waals surface area contributed by atoms with E-state index in [2.05, 4.69) is 20.6 Å². The van der Waals surface area contributed by atoms with E-state index in [-0.39, 0.29) is 11.7 Å². The second kappa shape index (κ2) is 4.24. The average molecular weight is 236 g/mol. The highest BCUT2D eigenvalue weighted by Crippen LogP contribution is 2.13. The van der Waals surface area contributed by atoms with E-state index in [1.807, 2.05) is 6.92 Å². The summed E-state index contributed by atoms with van der Waals surface area (Å²) in [5.74, 6) is 0.0165. The summed E-state index contributed by atoms with van der Waals surface area (Å²) in [7, 11) is 0. The van der Waals surface area contributed by atoms with Gasteiger partial charge in [0.2, 0.25) is 0 Å². The van der Waals surface area contributed by atoms with Crippen molar-refractivity contribution in [1.29, 1.82) is 0 Å². The molecule has 0 aliphatic carbocycles. The number of carbonyl (C=O) groups excluding carboxylic acids is 1. The van der Waals surface area contributed by atoms with Crippen molar-refractivity contribution in [2.45, 2.75) is 20.4 Å². The molecule has 0 unspecified atom stereocenters. The molecule has 1 amide bonds. The van der Waals surface area contributed by atoms with Crippen molar-refractivity contribution in [2.75, 3.05) is 11.1 Å². The monoisotopic (exact) mass is 236 g/mol. The molecule has 2 rings (SSSR count). The van der Waals surface area contributed by atoms with Crippen LogP contribution >= 0.6 is 0 Å².